The highest BCUT2D eigenvalue weighted by molar-refractivity contribution is 5.89. The minimum Gasteiger partial charge on any atom is -0.464 e. The van der Waals surface area contributed by atoms with Crippen molar-refractivity contribution in [3.05, 3.63) is 35.1 Å². The third-order valence-electron chi connectivity index (χ3n) is 6.48. The molecule has 0 spiro atoms. The molecule has 1 aromatic heterocycles. The van der Waals surface area contributed by atoms with E-state index in [-0.39, 0.29) is 11.8 Å². The van der Waals surface area contributed by atoms with Crippen molar-refractivity contribution in [1.29, 1.82) is 0 Å². The maximum Gasteiger partial charge on any atom is 0.236 e. The Morgan fingerprint density at radius 2 is 1.59 bits per heavy atom. The third kappa shape index (κ3) is 4.32. The van der Waals surface area contributed by atoms with Gasteiger partial charge in [-0.05, 0) is 44.2 Å². The average Bonchev–Trinajstić information content (AvgIpc) is 3.15. The van der Waals surface area contributed by atoms with E-state index in [0.29, 0.717) is 26.1 Å². The van der Waals surface area contributed by atoms with Gasteiger partial charge >= 0.3 is 0 Å². The smallest absolute Gasteiger partial charge is 0.236 e. The number of carbonyl (C=O) groups excluding carboxylic acids is 2. The van der Waals surface area contributed by atoms with Crippen molar-refractivity contribution in [3.63, 3.8) is 0 Å². The Morgan fingerprint density at radius 3 is 2.31 bits per heavy atom. The summed E-state index contributed by atoms with van der Waals surface area (Å²) in [7, 11) is 0. The molecule has 2 aromatic rings. The van der Waals surface area contributed by atoms with Crippen LogP contribution in [0.2, 0.25) is 0 Å². The molecule has 2 aliphatic rings. The number of carbonyl (C=O) groups is 2. The van der Waals surface area contributed by atoms with Crippen LogP contribution in [0.15, 0.2) is 22.8 Å². The van der Waals surface area contributed by atoms with Crippen LogP contribution in [0.25, 0.3) is 11.0 Å². The van der Waals surface area contributed by atoms with Crippen LogP contribution in [0.4, 0.5) is 0 Å². The molecular formula is C23H31N3O3. The fraction of sp³-hybridized carbons (Fsp3) is 0.565. The first kappa shape index (κ1) is 20.0. The monoisotopic (exact) mass is 397 g/mol. The molecule has 2 aliphatic heterocycles. The average molecular weight is 398 g/mol. The van der Waals surface area contributed by atoms with Gasteiger partial charge in [0, 0.05) is 50.2 Å². The number of hydrogen-bond donors (Lipinski definition) is 0. The van der Waals surface area contributed by atoms with Crippen LogP contribution in [-0.2, 0) is 16.0 Å². The molecule has 2 amide bonds. The van der Waals surface area contributed by atoms with Crippen LogP contribution in [0.5, 0.6) is 0 Å². The van der Waals surface area contributed by atoms with Gasteiger partial charge in [0.15, 0.2) is 0 Å². The molecule has 156 valence electrons. The zero-order valence-electron chi connectivity index (χ0n) is 17.6. The third-order valence-corrected chi connectivity index (χ3v) is 6.48. The lowest BCUT2D eigenvalue weighted by Gasteiger charge is -2.36. The fourth-order valence-electron chi connectivity index (χ4n) is 4.39. The van der Waals surface area contributed by atoms with E-state index in [9.17, 15) is 9.59 Å². The molecule has 4 rings (SSSR count). The van der Waals surface area contributed by atoms with Crippen LogP contribution in [0, 0.1) is 13.8 Å². The fourth-order valence-corrected chi connectivity index (χ4v) is 4.39. The molecule has 29 heavy (non-hydrogen) atoms. The van der Waals surface area contributed by atoms with Gasteiger partial charge in [-0.2, -0.15) is 0 Å². The SMILES string of the molecule is Cc1ccc2c(CC(=O)N3CCN(CC(=O)N4CCCCC4)CC3)coc2c1C. The van der Waals surface area contributed by atoms with E-state index < -0.39 is 0 Å². The number of hydrogen-bond acceptors (Lipinski definition) is 4. The van der Waals surface area contributed by atoms with E-state index in [1.165, 1.54) is 12.0 Å². The van der Waals surface area contributed by atoms with Gasteiger partial charge in [-0.15, -0.1) is 0 Å². The summed E-state index contributed by atoms with van der Waals surface area (Å²) in [4.78, 5) is 31.4. The van der Waals surface area contributed by atoms with Gasteiger partial charge in [0.05, 0.1) is 19.2 Å². The molecule has 1 aromatic carbocycles. The molecule has 6 heteroatoms. The second-order valence-corrected chi connectivity index (χ2v) is 8.42. The quantitative estimate of drug-likeness (QED) is 0.796. The lowest BCUT2D eigenvalue weighted by Crippen LogP contribution is -2.52. The number of piperazine rings is 1. The highest BCUT2D eigenvalue weighted by Gasteiger charge is 2.25. The molecule has 3 heterocycles. The Morgan fingerprint density at radius 1 is 0.897 bits per heavy atom. The minimum absolute atomic E-state index is 0.132. The van der Waals surface area contributed by atoms with Gasteiger partial charge in [-0.1, -0.05) is 12.1 Å². The van der Waals surface area contributed by atoms with E-state index in [1.54, 1.807) is 6.26 Å². The van der Waals surface area contributed by atoms with E-state index in [2.05, 4.69) is 24.8 Å². The molecule has 0 N–H and O–H groups in total. The summed E-state index contributed by atoms with van der Waals surface area (Å²) >= 11 is 0. The molecular weight excluding hydrogens is 366 g/mol. The zero-order chi connectivity index (χ0) is 20.4. The van der Waals surface area contributed by atoms with E-state index in [4.69, 9.17) is 4.42 Å². The predicted octanol–water partition coefficient (Wildman–Crippen LogP) is 2.75. The van der Waals surface area contributed by atoms with Crippen molar-refractivity contribution in [2.75, 3.05) is 45.8 Å². The van der Waals surface area contributed by atoms with E-state index >= 15 is 0 Å². The highest BCUT2D eigenvalue weighted by Crippen LogP contribution is 2.27. The van der Waals surface area contributed by atoms with Crippen molar-refractivity contribution >= 4 is 22.8 Å². The van der Waals surface area contributed by atoms with Gasteiger partial charge < -0.3 is 14.2 Å². The van der Waals surface area contributed by atoms with Gasteiger partial charge in [0.25, 0.3) is 0 Å². The summed E-state index contributed by atoms with van der Waals surface area (Å²) in [6.07, 6.45) is 5.56. The number of amides is 2. The second kappa shape index (κ2) is 8.57. The van der Waals surface area contributed by atoms with Crippen LogP contribution in [0.3, 0.4) is 0 Å². The van der Waals surface area contributed by atoms with Crippen LogP contribution in [-0.4, -0.2) is 72.3 Å². The maximum absolute atomic E-state index is 12.8. The molecule has 0 radical (unpaired) electrons. The first-order valence-electron chi connectivity index (χ1n) is 10.8. The molecule has 2 fully saturated rings. The number of nitrogens with zero attached hydrogens (tertiary/aromatic N) is 3. The molecule has 0 atom stereocenters. The van der Waals surface area contributed by atoms with Crippen LogP contribution >= 0.6 is 0 Å². The normalized spacial score (nSPS) is 18.4. The van der Waals surface area contributed by atoms with Crippen molar-refractivity contribution < 1.29 is 14.0 Å². The summed E-state index contributed by atoms with van der Waals surface area (Å²) in [5, 5.41) is 1.03. The minimum atomic E-state index is 0.132. The molecule has 6 nitrogen and oxygen atoms in total. The highest BCUT2D eigenvalue weighted by atomic mass is 16.3. The molecule has 0 saturated carbocycles. The molecule has 2 saturated heterocycles. The number of benzene rings is 1. The number of aryl methyl sites for hydroxylation is 2. The molecule has 0 bridgehead atoms. The summed E-state index contributed by atoms with van der Waals surface area (Å²) < 4.78 is 5.75. The van der Waals surface area contributed by atoms with Gasteiger partial charge in [-0.25, -0.2) is 0 Å². The summed E-state index contributed by atoms with van der Waals surface area (Å²) in [6, 6.07) is 4.13. The van der Waals surface area contributed by atoms with Gasteiger partial charge in [-0.3, -0.25) is 14.5 Å². The first-order valence-corrected chi connectivity index (χ1v) is 10.8. The first-order chi connectivity index (χ1) is 14.0. The summed E-state index contributed by atoms with van der Waals surface area (Å²) in [6.45, 7) is 9.28. The van der Waals surface area contributed by atoms with Crippen molar-refractivity contribution in [2.24, 2.45) is 0 Å². The number of rotatable bonds is 4. The molecule has 0 aliphatic carbocycles. The van der Waals surface area contributed by atoms with E-state index in [0.717, 1.165) is 61.1 Å². The number of likely N-dealkylation sites (tertiary alicyclic amines) is 1. The maximum atomic E-state index is 12.8. The van der Waals surface area contributed by atoms with E-state index in [1.807, 2.05) is 15.9 Å². The van der Waals surface area contributed by atoms with Crippen molar-refractivity contribution in [1.82, 2.24) is 14.7 Å². The van der Waals surface area contributed by atoms with Crippen LogP contribution < -0.4 is 0 Å². The Bertz CT molecular complexity index is 890. The predicted molar refractivity (Wildman–Crippen MR) is 113 cm³/mol. The second-order valence-electron chi connectivity index (χ2n) is 8.42. The van der Waals surface area contributed by atoms with Crippen molar-refractivity contribution in [3.8, 4) is 0 Å². The lowest BCUT2D eigenvalue weighted by molar-refractivity contribution is -0.135. The van der Waals surface area contributed by atoms with Crippen LogP contribution in [0.1, 0.15) is 36.0 Å². The topological polar surface area (TPSA) is 57.0 Å². The van der Waals surface area contributed by atoms with Gasteiger partial charge in [0.1, 0.15) is 5.58 Å². The standard InChI is InChI=1S/C23H31N3O3/c1-17-6-7-20-19(16-29-23(20)18(17)2)14-21(27)26-12-10-24(11-13-26)15-22(28)25-8-4-3-5-9-25/h6-7,16H,3-5,8-15H2,1-2H3. The molecule has 0 unspecified atom stereocenters. The van der Waals surface area contributed by atoms with Crippen molar-refractivity contribution in [2.45, 2.75) is 39.5 Å². The summed E-state index contributed by atoms with van der Waals surface area (Å²) in [5.74, 6) is 0.368. The Kier molecular flexibility index (Phi) is 5.90. The number of furan rings is 1. The Balaban J connectivity index is 1.30. The number of piperidine rings is 1. The number of fused-ring (bicyclic) bond motifs is 1. The Hall–Kier alpha value is -2.34. The summed E-state index contributed by atoms with van der Waals surface area (Å²) in [5.41, 5.74) is 4.16. The lowest BCUT2D eigenvalue weighted by atomic mass is 10.0. The van der Waals surface area contributed by atoms with Gasteiger partial charge in [0.2, 0.25) is 11.8 Å². The largest absolute Gasteiger partial charge is 0.464 e. The Labute approximate surface area is 172 Å². The zero-order valence-corrected chi connectivity index (χ0v) is 17.6.